The number of nitrogens with one attached hydrogen (secondary N) is 1. The van der Waals surface area contributed by atoms with Crippen molar-refractivity contribution < 1.29 is 9.53 Å². The predicted molar refractivity (Wildman–Crippen MR) is 54.6 cm³/mol. The third kappa shape index (κ3) is 2.01. The van der Waals surface area contributed by atoms with Crippen molar-refractivity contribution in [1.29, 1.82) is 0 Å². The Hall–Kier alpha value is -1.03. The molecule has 1 aromatic heterocycles. The molecule has 0 saturated heterocycles. The first-order valence-corrected chi connectivity index (χ1v) is 4.93. The monoisotopic (exact) mass is 199 g/mol. The number of carbonyl (C=O) groups is 1. The maximum Gasteiger partial charge on any atom is 0.350 e. The molecule has 1 rings (SSSR count). The summed E-state index contributed by atoms with van der Waals surface area (Å²) in [5, 5.41) is 2.98. The fourth-order valence-corrected chi connectivity index (χ4v) is 2.07. The van der Waals surface area contributed by atoms with Gasteiger partial charge >= 0.3 is 5.97 Å². The van der Waals surface area contributed by atoms with Gasteiger partial charge < -0.3 is 10.1 Å². The van der Waals surface area contributed by atoms with E-state index in [1.54, 1.807) is 7.05 Å². The second-order valence-corrected chi connectivity index (χ2v) is 3.69. The zero-order valence-electron chi connectivity index (χ0n) is 8.01. The van der Waals surface area contributed by atoms with E-state index in [0.717, 1.165) is 12.1 Å². The molecule has 0 aliphatic carbocycles. The quantitative estimate of drug-likeness (QED) is 0.758. The van der Waals surface area contributed by atoms with Crippen LogP contribution in [-0.4, -0.2) is 20.1 Å². The summed E-state index contributed by atoms with van der Waals surface area (Å²) in [6, 6.07) is 1.98. The van der Waals surface area contributed by atoms with Crippen molar-refractivity contribution in [3.05, 3.63) is 15.8 Å². The first-order chi connectivity index (χ1) is 6.22. The lowest BCUT2D eigenvalue weighted by atomic mass is 10.3. The van der Waals surface area contributed by atoms with Gasteiger partial charge in [0.15, 0.2) is 0 Å². The van der Waals surface area contributed by atoms with Crippen LogP contribution in [0.5, 0.6) is 0 Å². The summed E-state index contributed by atoms with van der Waals surface area (Å²) in [7, 11) is 3.20. The van der Waals surface area contributed by atoms with E-state index in [0.29, 0.717) is 4.88 Å². The zero-order valence-corrected chi connectivity index (χ0v) is 8.83. The molecule has 0 amide bonds. The Balaban J connectivity index is 3.03. The van der Waals surface area contributed by atoms with E-state index in [4.69, 9.17) is 0 Å². The molecule has 3 nitrogen and oxygen atoms in total. The van der Waals surface area contributed by atoms with Crippen LogP contribution in [0.1, 0.15) is 21.5 Å². The van der Waals surface area contributed by atoms with Crippen molar-refractivity contribution in [3.8, 4) is 0 Å². The second kappa shape index (κ2) is 4.28. The average Bonchev–Trinajstić information content (AvgIpc) is 2.59. The van der Waals surface area contributed by atoms with Gasteiger partial charge in [-0.3, -0.25) is 0 Å². The summed E-state index contributed by atoms with van der Waals surface area (Å²) in [5.41, 5.74) is 0.855. The smallest absolute Gasteiger partial charge is 0.350 e. The number of esters is 1. The fraction of sp³-hybridized carbons (Fsp3) is 0.444. The molecule has 1 heterocycles. The number of methoxy groups -OCH3 is 1. The third-order valence-corrected chi connectivity index (χ3v) is 3.03. The highest BCUT2D eigenvalue weighted by atomic mass is 32.1. The van der Waals surface area contributed by atoms with Crippen LogP contribution >= 0.6 is 11.3 Å². The standard InChI is InChI=1S/C9H13NO2S/c1-4-6-5-7(10-2)8(13-6)9(11)12-3/h5,10H,4H2,1-3H3. The molecule has 0 spiro atoms. The van der Waals surface area contributed by atoms with Crippen molar-refractivity contribution in [2.24, 2.45) is 0 Å². The first-order valence-electron chi connectivity index (χ1n) is 4.11. The van der Waals surface area contributed by atoms with Gasteiger partial charge in [-0.05, 0) is 12.5 Å². The van der Waals surface area contributed by atoms with Crippen molar-refractivity contribution in [1.82, 2.24) is 0 Å². The minimum atomic E-state index is -0.269. The van der Waals surface area contributed by atoms with E-state index in [1.807, 2.05) is 6.07 Å². The van der Waals surface area contributed by atoms with Gasteiger partial charge in [-0.25, -0.2) is 4.79 Å². The minimum absolute atomic E-state index is 0.269. The fourth-order valence-electron chi connectivity index (χ4n) is 1.05. The molecule has 0 unspecified atom stereocenters. The molecule has 4 heteroatoms. The van der Waals surface area contributed by atoms with Gasteiger partial charge in [0.2, 0.25) is 0 Å². The molecule has 0 radical (unpaired) electrons. The van der Waals surface area contributed by atoms with Crippen molar-refractivity contribution >= 4 is 23.0 Å². The number of aryl methyl sites for hydroxylation is 1. The first kappa shape index (κ1) is 10.1. The lowest BCUT2D eigenvalue weighted by Crippen LogP contribution is -2.01. The largest absolute Gasteiger partial charge is 0.465 e. The van der Waals surface area contributed by atoms with Crippen molar-refractivity contribution in [3.63, 3.8) is 0 Å². The van der Waals surface area contributed by atoms with E-state index in [9.17, 15) is 4.79 Å². The number of rotatable bonds is 3. The van der Waals surface area contributed by atoms with Gasteiger partial charge in [0.05, 0.1) is 12.8 Å². The highest BCUT2D eigenvalue weighted by molar-refractivity contribution is 7.14. The lowest BCUT2D eigenvalue weighted by molar-refractivity contribution is 0.0607. The number of anilines is 1. The molecular formula is C9H13NO2S. The van der Waals surface area contributed by atoms with E-state index in [1.165, 1.54) is 23.3 Å². The van der Waals surface area contributed by atoms with E-state index >= 15 is 0 Å². The summed E-state index contributed by atoms with van der Waals surface area (Å²) >= 11 is 1.48. The molecule has 0 aliphatic rings. The minimum Gasteiger partial charge on any atom is -0.465 e. The Morgan fingerprint density at radius 2 is 2.38 bits per heavy atom. The van der Waals surface area contributed by atoms with Crippen molar-refractivity contribution in [2.75, 3.05) is 19.5 Å². The molecule has 0 aliphatic heterocycles. The molecule has 72 valence electrons. The third-order valence-electron chi connectivity index (χ3n) is 1.77. The van der Waals surface area contributed by atoms with Gasteiger partial charge in [0, 0.05) is 11.9 Å². The van der Waals surface area contributed by atoms with Crippen molar-refractivity contribution in [2.45, 2.75) is 13.3 Å². The molecule has 0 fully saturated rings. The topological polar surface area (TPSA) is 38.3 Å². The normalized spacial score (nSPS) is 9.77. The number of thiophene rings is 1. The summed E-state index contributed by atoms with van der Waals surface area (Å²) < 4.78 is 4.67. The van der Waals surface area contributed by atoms with Crippen LogP contribution in [0.25, 0.3) is 0 Å². The number of carbonyl (C=O) groups excluding carboxylic acids is 1. The summed E-state index contributed by atoms with van der Waals surface area (Å²) in [6.45, 7) is 2.06. The van der Waals surface area contributed by atoms with Crippen LogP contribution in [0.15, 0.2) is 6.07 Å². The van der Waals surface area contributed by atoms with E-state index < -0.39 is 0 Å². The molecular weight excluding hydrogens is 186 g/mol. The van der Waals surface area contributed by atoms with E-state index in [-0.39, 0.29) is 5.97 Å². The summed E-state index contributed by atoms with van der Waals surface area (Å²) in [5.74, 6) is -0.269. The van der Waals surface area contributed by atoms with Gasteiger partial charge in [-0.1, -0.05) is 6.92 Å². The summed E-state index contributed by atoms with van der Waals surface area (Å²) in [6.07, 6.45) is 0.941. The van der Waals surface area contributed by atoms with Crippen LogP contribution in [0.4, 0.5) is 5.69 Å². The highest BCUT2D eigenvalue weighted by Crippen LogP contribution is 2.27. The number of hydrogen-bond acceptors (Lipinski definition) is 4. The molecule has 0 bridgehead atoms. The van der Waals surface area contributed by atoms with Gasteiger partial charge in [-0.2, -0.15) is 0 Å². The zero-order chi connectivity index (χ0) is 9.84. The predicted octanol–water partition coefficient (Wildman–Crippen LogP) is 2.14. The lowest BCUT2D eigenvalue weighted by Gasteiger charge is -1.98. The Labute approximate surface area is 81.7 Å². The van der Waals surface area contributed by atoms with Crippen LogP contribution in [0, 0.1) is 0 Å². The van der Waals surface area contributed by atoms with Crippen LogP contribution < -0.4 is 5.32 Å². The molecule has 1 aromatic rings. The molecule has 1 N–H and O–H groups in total. The van der Waals surface area contributed by atoms with Gasteiger partial charge in [-0.15, -0.1) is 11.3 Å². The van der Waals surface area contributed by atoms with Gasteiger partial charge in [0.25, 0.3) is 0 Å². The van der Waals surface area contributed by atoms with Gasteiger partial charge in [0.1, 0.15) is 4.88 Å². The second-order valence-electron chi connectivity index (χ2n) is 2.55. The molecule has 0 atom stereocenters. The Bertz CT molecular complexity index is 307. The average molecular weight is 199 g/mol. The SMILES string of the molecule is CCc1cc(NC)c(C(=O)OC)s1. The van der Waals surface area contributed by atoms with E-state index in [2.05, 4.69) is 17.0 Å². The van der Waals surface area contributed by atoms with Crippen LogP contribution in [0.3, 0.4) is 0 Å². The molecule has 13 heavy (non-hydrogen) atoms. The highest BCUT2D eigenvalue weighted by Gasteiger charge is 2.14. The summed E-state index contributed by atoms with van der Waals surface area (Å²) in [4.78, 5) is 13.1. The van der Waals surface area contributed by atoms with Crippen LogP contribution in [-0.2, 0) is 11.2 Å². The maximum absolute atomic E-state index is 11.3. The van der Waals surface area contributed by atoms with Crippen LogP contribution in [0.2, 0.25) is 0 Å². The number of hydrogen-bond donors (Lipinski definition) is 1. The molecule has 0 aromatic carbocycles. The Morgan fingerprint density at radius 3 is 2.85 bits per heavy atom. The Kier molecular flexibility index (Phi) is 3.31. The Morgan fingerprint density at radius 1 is 1.69 bits per heavy atom. The maximum atomic E-state index is 11.3. The molecule has 0 saturated carbocycles. The number of ether oxygens (including phenoxy) is 1.